The van der Waals surface area contributed by atoms with E-state index in [0.29, 0.717) is 34.4 Å². The standard InChI is InChI=1S/C21H17ClN4O2/c1-14-5-6-20(28-14)18-12-19(21(27)24-13-15-7-9-23-10-8-15)26(25-18)17-4-2-3-16(22)11-17/h2-12H,13H2,1H3,(H,24,27). The molecule has 0 unspecified atom stereocenters. The summed E-state index contributed by atoms with van der Waals surface area (Å²) in [5.74, 6) is 1.12. The molecule has 4 rings (SSSR count). The second kappa shape index (κ2) is 7.70. The fourth-order valence-electron chi connectivity index (χ4n) is 2.81. The fourth-order valence-corrected chi connectivity index (χ4v) is 3.00. The normalized spacial score (nSPS) is 10.8. The van der Waals surface area contributed by atoms with E-state index in [2.05, 4.69) is 15.4 Å². The van der Waals surface area contributed by atoms with Gasteiger partial charge in [0.25, 0.3) is 5.91 Å². The van der Waals surface area contributed by atoms with Crippen LogP contribution in [0.2, 0.25) is 5.02 Å². The Morgan fingerprint density at radius 3 is 2.68 bits per heavy atom. The van der Waals surface area contributed by atoms with E-state index in [1.54, 1.807) is 35.3 Å². The quantitative estimate of drug-likeness (QED) is 0.545. The average molecular weight is 393 g/mol. The first kappa shape index (κ1) is 18.0. The Balaban J connectivity index is 1.69. The van der Waals surface area contributed by atoms with Gasteiger partial charge >= 0.3 is 0 Å². The molecule has 6 nitrogen and oxygen atoms in total. The highest BCUT2D eigenvalue weighted by Crippen LogP contribution is 2.24. The Morgan fingerprint density at radius 1 is 1.14 bits per heavy atom. The van der Waals surface area contributed by atoms with Crippen molar-refractivity contribution in [1.82, 2.24) is 20.1 Å². The third-order valence-electron chi connectivity index (χ3n) is 4.19. The number of aryl methyl sites for hydroxylation is 1. The molecule has 1 N–H and O–H groups in total. The topological polar surface area (TPSA) is 73.0 Å². The molecule has 0 aliphatic rings. The number of furan rings is 1. The predicted octanol–water partition coefficient (Wildman–Crippen LogP) is 4.42. The summed E-state index contributed by atoms with van der Waals surface area (Å²) in [6.07, 6.45) is 3.38. The minimum atomic E-state index is -0.251. The molecule has 0 aliphatic heterocycles. The van der Waals surface area contributed by atoms with Gasteiger partial charge in [0.15, 0.2) is 5.76 Å². The van der Waals surface area contributed by atoms with E-state index in [9.17, 15) is 4.79 Å². The van der Waals surface area contributed by atoms with Crippen molar-refractivity contribution in [1.29, 1.82) is 0 Å². The first-order valence-electron chi connectivity index (χ1n) is 8.70. The van der Waals surface area contributed by atoms with Crippen LogP contribution in [0.5, 0.6) is 0 Å². The first-order valence-corrected chi connectivity index (χ1v) is 9.08. The van der Waals surface area contributed by atoms with Gasteiger partial charge in [-0.15, -0.1) is 0 Å². The third kappa shape index (κ3) is 3.82. The van der Waals surface area contributed by atoms with Crippen LogP contribution in [0.3, 0.4) is 0 Å². The average Bonchev–Trinajstić information content (AvgIpc) is 3.33. The number of rotatable bonds is 5. The Labute approximate surface area is 166 Å². The molecular weight excluding hydrogens is 376 g/mol. The summed E-state index contributed by atoms with van der Waals surface area (Å²) >= 11 is 6.13. The van der Waals surface area contributed by atoms with Gasteiger partial charge in [-0.25, -0.2) is 4.68 Å². The number of hydrogen-bond acceptors (Lipinski definition) is 4. The Kier molecular flexibility index (Phi) is 4.95. The van der Waals surface area contributed by atoms with E-state index in [-0.39, 0.29) is 5.91 Å². The molecule has 1 aromatic carbocycles. The third-order valence-corrected chi connectivity index (χ3v) is 4.43. The number of nitrogens with one attached hydrogen (secondary N) is 1. The van der Waals surface area contributed by atoms with E-state index in [1.807, 2.05) is 43.3 Å². The van der Waals surface area contributed by atoms with E-state index >= 15 is 0 Å². The van der Waals surface area contributed by atoms with Crippen molar-refractivity contribution < 1.29 is 9.21 Å². The number of carbonyl (C=O) groups excluding carboxylic acids is 1. The zero-order valence-corrected chi connectivity index (χ0v) is 15.8. The molecule has 0 spiro atoms. The van der Waals surface area contributed by atoms with E-state index < -0.39 is 0 Å². The lowest BCUT2D eigenvalue weighted by atomic mass is 10.2. The van der Waals surface area contributed by atoms with Crippen LogP contribution in [-0.4, -0.2) is 20.7 Å². The smallest absolute Gasteiger partial charge is 0.270 e. The molecule has 3 heterocycles. The van der Waals surface area contributed by atoms with Crippen LogP contribution >= 0.6 is 11.6 Å². The molecule has 0 saturated carbocycles. The lowest BCUT2D eigenvalue weighted by Crippen LogP contribution is -2.25. The van der Waals surface area contributed by atoms with Crippen LogP contribution in [0.25, 0.3) is 17.1 Å². The van der Waals surface area contributed by atoms with Crippen LogP contribution in [0.15, 0.2) is 71.4 Å². The minimum Gasteiger partial charge on any atom is -0.460 e. The summed E-state index contributed by atoms with van der Waals surface area (Å²) in [5.41, 5.74) is 2.61. The highest BCUT2D eigenvalue weighted by molar-refractivity contribution is 6.30. The Hall–Kier alpha value is -3.38. The molecule has 1 amide bonds. The maximum Gasteiger partial charge on any atom is 0.270 e. The zero-order chi connectivity index (χ0) is 19.5. The summed E-state index contributed by atoms with van der Waals surface area (Å²) in [6.45, 7) is 2.25. The van der Waals surface area contributed by atoms with E-state index in [1.165, 1.54) is 0 Å². The monoisotopic (exact) mass is 392 g/mol. The molecule has 4 aromatic rings. The van der Waals surface area contributed by atoms with Crippen molar-refractivity contribution in [2.24, 2.45) is 0 Å². The van der Waals surface area contributed by atoms with Gasteiger partial charge < -0.3 is 9.73 Å². The van der Waals surface area contributed by atoms with Crippen molar-refractivity contribution >= 4 is 17.5 Å². The number of carbonyl (C=O) groups is 1. The van der Waals surface area contributed by atoms with Gasteiger partial charge in [-0.3, -0.25) is 9.78 Å². The van der Waals surface area contributed by atoms with Crippen molar-refractivity contribution in [2.75, 3.05) is 0 Å². The maximum atomic E-state index is 12.9. The van der Waals surface area contributed by atoms with Gasteiger partial charge in [-0.05, 0) is 55.0 Å². The number of halogens is 1. The maximum absolute atomic E-state index is 12.9. The zero-order valence-electron chi connectivity index (χ0n) is 15.1. The summed E-state index contributed by atoms with van der Waals surface area (Å²) in [5, 5.41) is 8.06. The van der Waals surface area contributed by atoms with Gasteiger partial charge in [0.1, 0.15) is 17.1 Å². The first-order chi connectivity index (χ1) is 13.6. The largest absolute Gasteiger partial charge is 0.460 e. The lowest BCUT2D eigenvalue weighted by Gasteiger charge is -2.08. The molecule has 28 heavy (non-hydrogen) atoms. The van der Waals surface area contributed by atoms with Crippen molar-refractivity contribution in [3.63, 3.8) is 0 Å². The molecule has 0 aliphatic carbocycles. The summed E-state index contributed by atoms with van der Waals surface area (Å²) in [4.78, 5) is 16.9. The van der Waals surface area contributed by atoms with Crippen LogP contribution in [0, 0.1) is 6.92 Å². The van der Waals surface area contributed by atoms with Crippen LogP contribution < -0.4 is 5.32 Å². The van der Waals surface area contributed by atoms with Crippen molar-refractivity contribution in [3.8, 4) is 17.1 Å². The molecule has 0 bridgehead atoms. The van der Waals surface area contributed by atoms with Crippen LogP contribution in [-0.2, 0) is 6.54 Å². The molecule has 0 atom stereocenters. The predicted molar refractivity (Wildman–Crippen MR) is 106 cm³/mol. The molecule has 140 valence electrons. The second-order valence-corrected chi connectivity index (χ2v) is 6.69. The summed E-state index contributed by atoms with van der Waals surface area (Å²) < 4.78 is 7.24. The van der Waals surface area contributed by atoms with E-state index in [0.717, 1.165) is 11.3 Å². The van der Waals surface area contributed by atoms with Crippen molar-refractivity contribution in [2.45, 2.75) is 13.5 Å². The highest BCUT2D eigenvalue weighted by Gasteiger charge is 2.19. The van der Waals surface area contributed by atoms with Gasteiger partial charge in [0, 0.05) is 30.0 Å². The molecule has 7 heteroatoms. The van der Waals surface area contributed by atoms with Crippen LogP contribution in [0.4, 0.5) is 0 Å². The number of aromatic nitrogens is 3. The number of hydrogen-bond donors (Lipinski definition) is 1. The molecule has 3 aromatic heterocycles. The van der Waals surface area contributed by atoms with Gasteiger partial charge in [-0.2, -0.15) is 5.10 Å². The molecule has 0 saturated heterocycles. The van der Waals surface area contributed by atoms with Gasteiger partial charge in [-0.1, -0.05) is 17.7 Å². The Bertz CT molecular complexity index is 1120. The van der Waals surface area contributed by atoms with Gasteiger partial charge in [0.05, 0.1) is 5.69 Å². The SMILES string of the molecule is Cc1ccc(-c2cc(C(=O)NCc3ccncc3)n(-c3cccc(Cl)c3)n2)o1. The van der Waals surface area contributed by atoms with Gasteiger partial charge in [0.2, 0.25) is 0 Å². The van der Waals surface area contributed by atoms with E-state index in [4.69, 9.17) is 16.0 Å². The molecular formula is C21H17ClN4O2. The number of nitrogens with zero attached hydrogens (tertiary/aromatic N) is 3. The Morgan fingerprint density at radius 2 is 1.96 bits per heavy atom. The van der Waals surface area contributed by atoms with Crippen molar-refractivity contribution in [3.05, 3.63) is 89.0 Å². The number of benzene rings is 1. The fraction of sp³-hybridized carbons (Fsp3) is 0.0952. The van der Waals surface area contributed by atoms with Crippen LogP contribution in [0.1, 0.15) is 21.8 Å². The molecule has 0 radical (unpaired) electrons. The lowest BCUT2D eigenvalue weighted by molar-refractivity contribution is 0.0943. The highest BCUT2D eigenvalue weighted by atomic mass is 35.5. The molecule has 0 fully saturated rings. The number of pyridine rings is 1. The number of amides is 1. The summed E-state index contributed by atoms with van der Waals surface area (Å²) in [7, 11) is 0. The minimum absolute atomic E-state index is 0.251. The summed E-state index contributed by atoms with van der Waals surface area (Å²) in [6, 6.07) is 16.3. The second-order valence-electron chi connectivity index (χ2n) is 6.25.